The van der Waals surface area contributed by atoms with Crippen molar-refractivity contribution >= 4 is 28.2 Å². The smallest absolute Gasteiger partial charge is 0.258 e. The predicted octanol–water partition coefficient (Wildman–Crippen LogP) is 7.70. The maximum Gasteiger partial charge on any atom is 0.258 e. The van der Waals surface area contributed by atoms with E-state index in [0.29, 0.717) is 58.4 Å². The third kappa shape index (κ3) is 6.56. The van der Waals surface area contributed by atoms with Crippen LogP contribution in [-0.4, -0.2) is 53.7 Å². The number of methoxy groups -OCH3 is 1. The van der Waals surface area contributed by atoms with Crippen molar-refractivity contribution in [2.75, 3.05) is 26.0 Å². The molecule has 1 saturated heterocycles. The van der Waals surface area contributed by atoms with Gasteiger partial charge < -0.3 is 24.2 Å². The van der Waals surface area contributed by atoms with E-state index >= 15 is 0 Å². The Hall–Kier alpha value is -1.52. The molecule has 1 fully saturated rings. The van der Waals surface area contributed by atoms with Crippen LogP contribution in [0.15, 0.2) is 12.1 Å². The molecule has 0 unspecified atom stereocenters. The number of likely N-dealkylation sites (tertiary alicyclic amines) is 1. The summed E-state index contributed by atoms with van der Waals surface area (Å²) in [5, 5.41) is 0.125. The number of nitrogens with two attached hydrogens (primary N) is 1. The van der Waals surface area contributed by atoms with E-state index in [0.717, 1.165) is 6.42 Å². The fourth-order valence-electron chi connectivity index (χ4n) is 5.78. The van der Waals surface area contributed by atoms with Gasteiger partial charge in [-0.3, -0.25) is 4.79 Å². The van der Waals surface area contributed by atoms with Crippen molar-refractivity contribution in [3.8, 4) is 11.5 Å². The molecule has 0 saturated carbocycles. The molecule has 37 heavy (non-hydrogen) atoms. The number of hydrogen-bond acceptors (Lipinski definition) is 5. The van der Waals surface area contributed by atoms with Crippen LogP contribution in [0.25, 0.3) is 0 Å². The van der Waals surface area contributed by atoms with Crippen LogP contribution in [-0.2, 0) is 4.43 Å². The topological polar surface area (TPSA) is 74.0 Å². The van der Waals surface area contributed by atoms with Crippen molar-refractivity contribution in [3.63, 3.8) is 0 Å². The van der Waals surface area contributed by atoms with Crippen molar-refractivity contribution in [1.82, 2.24) is 4.90 Å². The van der Waals surface area contributed by atoms with Crippen molar-refractivity contribution in [1.29, 1.82) is 0 Å². The number of rotatable bonds is 10. The van der Waals surface area contributed by atoms with Crippen LogP contribution in [0.4, 0.5) is 5.69 Å². The predicted molar refractivity (Wildman–Crippen MR) is 161 cm³/mol. The van der Waals surface area contributed by atoms with Gasteiger partial charge in [0.05, 0.1) is 25.3 Å². The summed E-state index contributed by atoms with van der Waals surface area (Å²) < 4.78 is 19.2. The van der Waals surface area contributed by atoms with Gasteiger partial charge in [-0.2, -0.15) is 0 Å². The monoisotopic (exact) mass is 550 g/mol. The second-order valence-corrected chi connectivity index (χ2v) is 23.7. The molecule has 2 atom stereocenters. The molecule has 1 amide bonds. The summed E-state index contributed by atoms with van der Waals surface area (Å²) in [6.45, 7) is 28.2. The van der Waals surface area contributed by atoms with Gasteiger partial charge in [0.15, 0.2) is 14.1 Å². The summed E-state index contributed by atoms with van der Waals surface area (Å²) in [5.74, 6) is 1.57. The van der Waals surface area contributed by atoms with Gasteiger partial charge in [0.25, 0.3) is 14.2 Å². The first-order chi connectivity index (χ1) is 16.9. The minimum atomic E-state index is -2.22. The van der Waals surface area contributed by atoms with E-state index in [-0.39, 0.29) is 17.0 Å². The zero-order chi connectivity index (χ0) is 28.5. The highest BCUT2D eigenvalue weighted by molar-refractivity contribution is 6.78. The molecule has 8 heteroatoms. The number of nitrogen functional groups attached to an aromatic ring is 1. The van der Waals surface area contributed by atoms with Crippen LogP contribution in [0.2, 0.25) is 34.8 Å². The Morgan fingerprint density at radius 3 is 2.05 bits per heavy atom. The number of carbonyl (C=O) groups excluding carboxylic acids is 1. The normalized spacial score (nSPS) is 19.3. The van der Waals surface area contributed by atoms with E-state index in [1.54, 1.807) is 13.2 Å². The van der Waals surface area contributed by atoms with Crippen LogP contribution >= 0.6 is 0 Å². The summed E-state index contributed by atoms with van der Waals surface area (Å²) >= 11 is 0. The molecule has 6 nitrogen and oxygen atoms in total. The molecule has 1 heterocycles. The van der Waals surface area contributed by atoms with Gasteiger partial charge in [-0.1, -0.05) is 69.2 Å². The summed E-state index contributed by atoms with van der Waals surface area (Å²) in [5.41, 5.74) is 8.69. The fraction of sp³-hybridized carbons (Fsp3) is 0.759. The fourth-order valence-corrected chi connectivity index (χ4v) is 12.1. The van der Waals surface area contributed by atoms with E-state index in [9.17, 15) is 4.79 Å². The van der Waals surface area contributed by atoms with E-state index in [1.807, 2.05) is 11.0 Å². The van der Waals surface area contributed by atoms with Gasteiger partial charge in [-0.05, 0) is 53.2 Å². The zero-order valence-corrected chi connectivity index (χ0v) is 27.8. The average molecular weight is 551 g/mol. The third-order valence-electron chi connectivity index (χ3n) is 8.89. The molecular formula is C29H54N2O4Si2. The van der Waals surface area contributed by atoms with Gasteiger partial charge >= 0.3 is 0 Å². The minimum absolute atomic E-state index is 0.0424. The lowest BCUT2D eigenvalue weighted by Gasteiger charge is -2.42. The van der Waals surface area contributed by atoms with Gasteiger partial charge in [-0.15, -0.1) is 0 Å². The third-order valence-corrected chi connectivity index (χ3v) is 19.4. The molecule has 2 rings (SSSR count). The van der Waals surface area contributed by atoms with Crippen molar-refractivity contribution in [2.24, 2.45) is 5.92 Å². The highest BCUT2D eigenvalue weighted by Crippen LogP contribution is 2.46. The highest BCUT2D eigenvalue weighted by Gasteiger charge is 2.47. The molecule has 2 N–H and O–H groups in total. The van der Waals surface area contributed by atoms with Gasteiger partial charge in [-0.25, -0.2) is 0 Å². The number of anilines is 1. The van der Waals surface area contributed by atoms with Crippen LogP contribution in [0.5, 0.6) is 11.5 Å². The number of nitrogens with zero attached hydrogens (tertiary/aromatic N) is 1. The molecule has 0 spiro atoms. The summed E-state index contributed by atoms with van der Waals surface area (Å²) in [6, 6.07) is 3.63. The second-order valence-electron chi connectivity index (χ2n) is 13.5. The average Bonchev–Trinajstić information content (AvgIpc) is 3.14. The van der Waals surface area contributed by atoms with Crippen molar-refractivity contribution in [3.05, 3.63) is 17.7 Å². The first-order valence-electron chi connectivity index (χ1n) is 14.0. The highest BCUT2D eigenvalue weighted by atomic mass is 28.4. The summed E-state index contributed by atoms with van der Waals surface area (Å²) in [6.07, 6.45) is 0.934. The van der Waals surface area contributed by atoms with E-state index in [1.165, 1.54) is 0 Å². The Morgan fingerprint density at radius 1 is 1.05 bits per heavy atom. The number of ether oxygens (including phenoxy) is 1. The largest absolute Gasteiger partial charge is 0.540 e. The van der Waals surface area contributed by atoms with E-state index in [4.69, 9.17) is 19.3 Å². The lowest BCUT2D eigenvalue weighted by Crippen LogP contribution is -2.50. The van der Waals surface area contributed by atoms with E-state index < -0.39 is 16.6 Å². The zero-order valence-electron chi connectivity index (χ0n) is 25.8. The first kappa shape index (κ1) is 31.7. The Kier molecular flexibility index (Phi) is 10.0. The van der Waals surface area contributed by atoms with Crippen molar-refractivity contribution < 1.29 is 18.4 Å². The molecular weight excluding hydrogens is 497 g/mol. The Morgan fingerprint density at radius 2 is 1.59 bits per heavy atom. The van der Waals surface area contributed by atoms with Crippen LogP contribution < -0.4 is 14.9 Å². The molecule has 212 valence electrons. The maximum absolute atomic E-state index is 13.8. The van der Waals surface area contributed by atoms with Gasteiger partial charge in [0.2, 0.25) is 0 Å². The molecule has 1 aromatic rings. The maximum atomic E-state index is 13.8. The number of amides is 1. The Labute approximate surface area is 228 Å². The Bertz CT molecular complexity index is 919. The van der Waals surface area contributed by atoms with E-state index in [2.05, 4.69) is 82.3 Å². The minimum Gasteiger partial charge on any atom is -0.540 e. The molecule has 0 aromatic heterocycles. The lowest BCUT2D eigenvalue weighted by atomic mass is 10.1. The Balaban J connectivity index is 2.39. The molecule has 1 aromatic carbocycles. The molecule has 0 bridgehead atoms. The second kappa shape index (κ2) is 11.7. The van der Waals surface area contributed by atoms with Gasteiger partial charge in [0, 0.05) is 18.3 Å². The number of hydrogen-bond donors (Lipinski definition) is 1. The SMILES string of the molecule is COc1cc(C(=O)N2C[C@H](C)C[C@H]2CO[Si](C)(C)C(C)(C)C)c(N)cc1O[Si](C(C)C)(C(C)C)C(C)C. The van der Waals surface area contributed by atoms with Crippen LogP contribution in [0.1, 0.15) is 86.0 Å². The molecule has 0 radical (unpaired) electrons. The first-order valence-corrected chi connectivity index (χ1v) is 19.0. The number of carbonyl (C=O) groups is 1. The molecule has 1 aliphatic rings. The number of benzene rings is 1. The standard InChI is InChI=1S/C29H54N2O4Si2/c1-19(2)37(20(3)4,21(5)6)35-27-16-25(30)24(15-26(27)33-11)28(32)31-17-22(7)14-23(31)18-34-36(12,13)29(8,9)10/h15-16,19-23H,14,17-18,30H2,1-13H3/t22-,23+/m1/s1. The lowest BCUT2D eigenvalue weighted by molar-refractivity contribution is 0.0682. The summed E-state index contributed by atoms with van der Waals surface area (Å²) in [7, 11) is -2.51. The quantitative estimate of drug-likeness (QED) is 0.239. The van der Waals surface area contributed by atoms with Crippen LogP contribution in [0, 0.1) is 5.92 Å². The summed E-state index contributed by atoms with van der Waals surface area (Å²) in [4.78, 5) is 15.8. The van der Waals surface area contributed by atoms with Crippen LogP contribution in [0.3, 0.4) is 0 Å². The molecule has 1 aliphatic heterocycles. The van der Waals surface area contributed by atoms with Crippen molar-refractivity contribution in [2.45, 2.75) is 116 Å². The molecule has 0 aliphatic carbocycles. The van der Waals surface area contributed by atoms with Gasteiger partial charge in [0.1, 0.15) is 5.75 Å².